The zero-order chi connectivity index (χ0) is 15.1. The van der Waals surface area contributed by atoms with E-state index in [1.165, 1.54) is 18.2 Å². The van der Waals surface area contributed by atoms with Crippen molar-refractivity contribution in [3.8, 4) is 0 Å². The monoisotopic (exact) mass is 285 g/mol. The topological polar surface area (TPSA) is 94.9 Å². The smallest absolute Gasteiger partial charge is 0.326 e. The molecule has 1 atom stereocenters. The minimum Gasteiger partial charge on any atom is -0.481 e. The largest absolute Gasteiger partial charge is 0.481 e. The lowest BCUT2D eigenvalue weighted by molar-refractivity contribution is -0.151. The molecular weight excluding hydrogens is 262 g/mol. The molecule has 1 aliphatic rings. The molecule has 1 aliphatic carbocycles. The second-order valence-electron chi connectivity index (χ2n) is 5.45. The highest BCUT2D eigenvalue weighted by atomic mass is 16.4. The second-order valence-corrected chi connectivity index (χ2v) is 5.45. The van der Waals surface area contributed by atoms with Crippen LogP contribution in [0.25, 0.3) is 0 Å². The molecule has 1 amide bonds. The molecule has 6 heteroatoms. The molecule has 1 unspecified atom stereocenters. The Morgan fingerprint density at radius 1 is 1.15 bits per heavy atom. The van der Waals surface area contributed by atoms with Crippen LogP contribution in [0.1, 0.15) is 51.9 Å². The van der Waals surface area contributed by atoms with Gasteiger partial charge in [0.25, 0.3) is 0 Å². The summed E-state index contributed by atoms with van der Waals surface area (Å²) in [5.41, 5.74) is 0. The van der Waals surface area contributed by atoms with Crippen LogP contribution in [0, 0.1) is 5.92 Å². The lowest BCUT2D eigenvalue weighted by Gasteiger charge is -2.29. The third-order valence-electron chi connectivity index (χ3n) is 3.90. The van der Waals surface area contributed by atoms with E-state index in [-0.39, 0.29) is 18.9 Å². The molecule has 1 rings (SSSR count). The number of amides is 1. The molecule has 0 bridgehead atoms. The molecule has 1 saturated carbocycles. The van der Waals surface area contributed by atoms with E-state index in [0.29, 0.717) is 12.3 Å². The quantitative estimate of drug-likeness (QED) is 0.742. The van der Waals surface area contributed by atoms with Crippen molar-refractivity contribution in [1.82, 2.24) is 4.90 Å². The van der Waals surface area contributed by atoms with Crippen LogP contribution < -0.4 is 0 Å². The van der Waals surface area contributed by atoms with Gasteiger partial charge in [-0.05, 0) is 25.7 Å². The number of carbonyl (C=O) groups is 3. The highest BCUT2D eigenvalue weighted by Crippen LogP contribution is 2.27. The average Bonchev–Trinajstić information content (AvgIpc) is 2.39. The van der Waals surface area contributed by atoms with Crippen molar-refractivity contribution in [2.45, 2.75) is 57.9 Å². The summed E-state index contributed by atoms with van der Waals surface area (Å²) >= 11 is 0. The molecule has 6 nitrogen and oxygen atoms in total. The van der Waals surface area contributed by atoms with Gasteiger partial charge in [-0.15, -0.1) is 0 Å². The van der Waals surface area contributed by atoms with E-state index in [1.54, 1.807) is 0 Å². The maximum absolute atomic E-state index is 12.2. The van der Waals surface area contributed by atoms with E-state index in [1.807, 2.05) is 0 Å². The Kier molecular flexibility index (Phi) is 6.48. The molecule has 0 aromatic carbocycles. The number of carbonyl (C=O) groups excluding carboxylic acids is 1. The standard InChI is InChI=1S/C14H23NO5/c1-10(14(19)20)15(8-7-13(17)18)12(16)9-11-5-3-2-4-6-11/h10-11H,2-9H2,1H3,(H,17,18)(H,19,20). The molecule has 0 aromatic heterocycles. The van der Waals surface area contributed by atoms with Crippen molar-refractivity contribution < 1.29 is 24.6 Å². The Morgan fingerprint density at radius 3 is 2.25 bits per heavy atom. The normalized spacial score (nSPS) is 17.4. The second kappa shape index (κ2) is 7.87. The molecule has 114 valence electrons. The summed E-state index contributed by atoms with van der Waals surface area (Å²) < 4.78 is 0. The zero-order valence-electron chi connectivity index (χ0n) is 11.9. The Morgan fingerprint density at radius 2 is 1.75 bits per heavy atom. The number of hydrogen-bond donors (Lipinski definition) is 2. The summed E-state index contributed by atoms with van der Waals surface area (Å²) in [5.74, 6) is -2.07. The van der Waals surface area contributed by atoms with Crippen molar-refractivity contribution in [1.29, 1.82) is 0 Å². The summed E-state index contributed by atoms with van der Waals surface area (Å²) in [6.07, 6.45) is 5.52. The number of rotatable bonds is 7. The van der Waals surface area contributed by atoms with Gasteiger partial charge in [0.05, 0.1) is 6.42 Å². The Hall–Kier alpha value is -1.59. The van der Waals surface area contributed by atoms with Crippen molar-refractivity contribution in [3.63, 3.8) is 0 Å². The summed E-state index contributed by atoms with van der Waals surface area (Å²) in [4.78, 5) is 35.1. The minimum absolute atomic E-state index is 0.0473. The van der Waals surface area contributed by atoms with Crippen molar-refractivity contribution >= 4 is 17.8 Å². The first-order valence-electron chi connectivity index (χ1n) is 7.16. The predicted molar refractivity (Wildman–Crippen MR) is 72.3 cm³/mol. The summed E-state index contributed by atoms with van der Waals surface area (Å²) in [5, 5.41) is 17.7. The summed E-state index contributed by atoms with van der Waals surface area (Å²) in [6.45, 7) is 1.37. The Balaban J connectivity index is 2.62. The van der Waals surface area contributed by atoms with Crippen LogP contribution >= 0.6 is 0 Å². The van der Waals surface area contributed by atoms with Crippen LogP contribution in [-0.4, -0.2) is 45.5 Å². The third-order valence-corrected chi connectivity index (χ3v) is 3.90. The van der Waals surface area contributed by atoms with Crippen LogP contribution in [0.4, 0.5) is 0 Å². The summed E-state index contributed by atoms with van der Waals surface area (Å²) in [7, 11) is 0. The number of carboxylic acids is 2. The van der Waals surface area contributed by atoms with E-state index < -0.39 is 18.0 Å². The molecule has 2 N–H and O–H groups in total. The van der Waals surface area contributed by atoms with Crippen LogP contribution in [0.2, 0.25) is 0 Å². The van der Waals surface area contributed by atoms with Crippen LogP contribution in [0.3, 0.4) is 0 Å². The van der Waals surface area contributed by atoms with Crippen LogP contribution in [-0.2, 0) is 14.4 Å². The fourth-order valence-electron chi connectivity index (χ4n) is 2.64. The van der Waals surface area contributed by atoms with Gasteiger partial charge in [0.1, 0.15) is 6.04 Å². The van der Waals surface area contributed by atoms with Crippen LogP contribution in [0.5, 0.6) is 0 Å². The fourth-order valence-corrected chi connectivity index (χ4v) is 2.64. The van der Waals surface area contributed by atoms with E-state index in [4.69, 9.17) is 10.2 Å². The SMILES string of the molecule is CC(C(=O)O)N(CCC(=O)O)C(=O)CC1CCCCC1. The van der Waals surface area contributed by atoms with E-state index >= 15 is 0 Å². The predicted octanol–water partition coefficient (Wildman–Crippen LogP) is 1.73. The molecule has 20 heavy (non-hydrogen) atoms. The van der Waals surface area contributed by atoms with Gasteiger partial charge < -0.3 is 15.1 Å². The third kappa shape index (κ3) is 5.19. The van der Waals surface area contributed by atoms with Crippen molar-refractivity contribution in [3.05, 3.63) is 0 Å². The van der Waals surface area contributed by atoms with Gasteiger partial charge in [-0.25, -0.2) is 4.79 Å². The molecule has 0 heterocycles. The zero-order valence-corrected chi connectivity index (χ0v) is 11.9. The Bertz CT molecular complexity index is 363. The maximum Gasteiger partial charge on any atom is 0.326 e. The maximum atomic E-state index is 12.2. The molecule has 1 fully saturated rings. The first-order valence-corrected chi connectivity index (χ1v) is 7.16. The highest BCUT2D eigenvalue weighted by molar-refractivity contribution is 5.84. The number of nitrogens with zero attached hydrogens (tertiary/aromatic N) is 1. The first kappa shape index (κ1) is 16.5. The molecule has 0 saturated heterocycles. The Labute approximate surface area is 118 Å². The van der Waals surface area contributed by atoms with E-state index in [9.17, 15) is 14.4 Å². The lowest BCUT2D eigenvalue weighted by Crippen LogP contribution is -2.45. The van der Waals surface area contributed by atoms with E-state index in [0.717, 1.165) is 25.7 Å². The first-order chi connectivity index (χ1) is 9.41. The molecule has 0 spiro atoms. The van der Waals surface area contributed by atoms with Crippen LogP contribution in [0.15, 0.2) is 0 Å². The van der Waals surface area contributed by atoms with Crippen molar-refractivity contribution in [2.75, 3.05) is 6.54 Å². The molecule has 0 aliphatic heterocycles. The van der Waals surface area contributed by atoms with Crippen molar-refractivity contribution in [2.24, 2.45) is 5.92 Å². The lowest BCUT2D eigenvalue weighted by atomic mass is 9.86. The number of hydrogen-bond acceptors (Lipinski definition) is 3. The van der Waals surface area contributed by atoms with Gasteiger partial charge in [-0.2, -0.15) is 0 Å². The summed E-state index contributed by atoms with van der Waals surface area (Å²) in [6, 6.07) is -0.981. The van der Waals surface area contributed by atoms with Gasteiger partial charge in [0.2, 0.25) is 5.91 Å². The van der Waals surface area contributed by atoms with Gasteiger partial charge in [0, 0.05) is 13.0 Å². The van der Waals surface area contributed by atoms with Gasteiger partial charge in [0.15, 0.2) is 0 Å². The van der Waals surface area contributed by atoms with E-state index in [2.05, 4.69) is 0 Å². The number of carboxylic acid groups (broad SMARTS) is 2. The molecule has 0 aromatic rings. The van der Waals surface area contributed by atoms with Gasteiger partial charge in [-0.3, -0.25) is 9.59 Å². The molecular formula is C14H23NO5. The number of aliphatic carboxylic acids is 2. The van der Waals surface area contributed by atoms with Gasteiger partial charge >= 0.3 is 11.9 Å². The van der Waals surface area contributed by atoms with Gasteiger partial charge in [-0.1, -0.05) is 19.3 Å². The minimum atomic E-state index is -1.10. The highest BCUT2D eigenvalue weighted by Gasteiger charge is 2.28. The molecule has 0 radical (unpaired) electrons. The average molecular weight is 285 g/mol. The fraction of sp³-hybridized carbons (Fsp3) is 0.786.